The van der Waals surface area contributed by atoms with Crippen molar-refractivity contribution in [3.8, 4) is 0 Å². The number of carboxylic acid groups (broad SMARTS) is 2. The molecule has 0 radical (unpaired) electrons. The molecule has 0 saturated carbocycles. The van der Waals surface area contributed by atoms with Gasteiger partial charge in [0.25, 0.3) is 0 Å². The van der Waals surface area contributed by atoms with Crippen molar-refractivity contribution >= 4 is 71.1 Å². The molecule has 68 heavy (non-hydrogen) atoms. The van der Waals surface area contributed by atoms with E-state index in [1.165, 1.54) is 13.8 Å². The predicted molar refractivity (Wildman–Crippen MR) is 247 cm³/mol. The summed E-state index contributed by atoms with van der Waals surface area (Å²) in [5, 5.41) is 38.2. The Bertz CT molecular complexity index is 1820. The first-order valence-corrected chi connectivity index (χ1v) is 22.3. The summed E-state index contributed by atoms with van der Waals surface area (Å²) in [6.45, 7) is 16.0. The zero-order chi connectivity index (χ0) is 52.7. The third kappa shape index (κ3) is 23.7. The van der Waals surface area contributed by atoms with E-state index in [4.69, 9.17) is 28.0 Å². The Morgan fingerprint density at radius 3 is 1.31 bits per heavy atom. The molecule has 0 unspecified atom stereocenters. The minimum Gasteiger partial charge on any atom is -0.481 e. The molecule has 0 bridgehead atoms. The van der Waals surface area contributed by atoms with E-state index in [1.807, 2.05) is 0 Å². The number of nitrogens with two attached hydrogens (primary N) is 4. The van der Waals surface area contributed by atoms with Crippen LogP contribution in [-0.2, 0) is 52.7 Å². The largest absolute Gasteiger partial charge is 0.481 e. The molecule has 9 atom stereocenters. The number of carbonyl (C=O) groups is 11. The molecule has 0 aliphatic heterocycles. The van der Waals surface area contributed by atoms with Crippen molar-refractivity contribution in [3.05, 3.63) is 0 Å². The van der Waals surface area contributed by atoms with Gasteiger partial charge in [0, 0.05) is 6.54 Å². The highest BCUT2D eigenvalue weighted by molar-refractivity contribution is 5.99. The number of aliphatic imine (C=N–C) groups is 1. The van der Waals surface area contributed by atoms with Gasteiger partial charge in [-0.15, -0.1) is 0 Å². The quantitative estimate of drug-likeness (QED) is 0.0180. The second-order valence-electron chi connectivity index (χ2n) is 18.1. The number of hydrogen-bond donors (Lipinski definition) is 14. The van der Waals surface area contributed by atoms with Crippen LogP contribution in [0, 0.1) is 23.7 Å². The van der Waals surface area contributed by atoms with Gasteiger partial charge in [-0.2, -0.15) is 0 Å². The second-order valence-corrected chi connectivity index (χ2v) is 18.1. The number of hydrogen-bond acceptors (Lipinski definition) is 13. The summed E-state index contributed by atoms with van der Waals surface area (Å²) in [6.07, 6.45) is -1.32. The number of aliphatic carboxylic acids is 2. The molecule has 0 fully saturated rings. The lowest BCUT2D eigenvalue weighted by atomic mass is 9.98. The van der Waals surface area contributed by atoms with Gasteiger partial charge in [-0.25, -0.2) is 4.79 Å². The summed E-state index contributed by atoms with van der Waals surface area (Å²) in [4.78, 5) is 146. The fourth-order valence-corrected chi connectivity index (χ4v) is 6.32. The van der Waals surface area contributed by atoms with E-state index < -0.39 is 144 Å². The molecule has 18 N–H and O–H groups in total. The standard InChI is InChI=1S/C42H75N13O13/c1-18(2)14-26(51-35(61)24(43)16-30(57)58)37(63)49-22(9)33(59)48-23(10)34(60)50-25(12-11-13-47-42(45)46)36(62)52-28(17-29(44)56)39(65)54-31(20(5)6)40(66)53-27(15-19(3)4)38(64)55-32(21(7)8)41(67)68/h18-28,31-32H,11-17,43H2,1-10H3,(H2,44,56)(H,48,59)(H,49,63)(H,50,60)(H,51,61)(H,52,62)(H,53,66)(H,54,65)(H,55,64)(H,57,58)(H,67,68)(H4,45,46,47)/t22-,23-,24-,25-,26-,27-,28-,31-,32-/m0/s1. The predicted octanol–water partition coefficient (Wildman–Crippen LogP) is -3.88. The maximum Gasteiger partial charge on any atom is 0.326 e. The molecule has 9 amide bonds. The Labute approximate surface area is 396 Å². The fraction of sp³-hybridized carbons (Fsp3) is 0.714. The average Bonchev–Trinajstić information content (AvgIpc) is 3.20. The van der Waals surface area contributed by atoms with Crippen LogP contribution < -0.4 is 65.5 Å². The molecule has 0 aliphatic carbocycles. The first-order valence-electron chi connectivity index (χ1n) is 22.3. The van der Waals surface area contributed by atoms with Crippen molar-refractivity contribution in [3.63, 3.8) is 0 Å². The smallest absolute Gasteiger partial charge is 0.326 e. The molecule has 26 heteroatoms. The van der Waals surface area contributed by atoms with Gasteiger partial charge < -0.3 is 75.7 Å². The number of carbonyl (C=O) groups excluding carboxylic acids is 9. The Morgan fingerprint density at radius 1 is 0.471 bits per heavy atom. The number of rotatable bonds is 31. The first-order chi connectivity index (χ1) is 31.4. The summed E-state index contributed by atoms with van der Waals surface area (Å²) in [6, 6.07) is -12.3. The van der Waals surface area contributed by atoms with Crippen LogP contribution in [0.3, 0.4) is 0 Å². The zero-order valence-electron chi connectivity index (χ0n) is 40.6. The highest BCUT2D eigenvalue weighted by Crippen LogP contribution is 2.12. The van der Waals surface area contributed by atoms with Gasteiger partial charge in [0.05, 0.1) is 18.9 Å². The van der Waals surface area contributed by atoms with E-state index >= 15 is 0 Å². The van der Waals surface area contributed by atoms with E-state index in [1.54, 1.807) is 55.4 Å². The van der Waals surface area contributed by atoms with Crippen LogP contribution in [0.5, 0.6) is 0 Å². The van der Waals surface area contributed by atoms with Crippen molar-refractivity contribution in [2.75, 3.05) is 6.54 Å². The van der Waals surface area contributed by atoms with Crippen LogP contribution in [0.1, 0.15) is 108 Å². The summed E-state index contributed by atoms with van der Waals surface area (Å²) >= 11 is 0. The number of carboxylic acids is 2. The lowest BCUT2D eigenvalue weighted by Crippen LogP contribution is -2.61. The molecule has 26 nitrogen and oxygen atoms in total. The third-order valence-electron chi connectivity index (χ3n) is 10.0. The van der Waals surface area contributed by atoms with Crippen molar-refractivity contribution in [2.45, 2.75) is 162 Å². The van der Waals surface area contributed by atoms with Crippen LogP contribution >= 0.6 is 0 Å². The van der Waals surface area contributed by atoms with E-state index in [0.29, 0.717) is 0 Å². The van der Waals surface area contributed by atoms with E-state index in [-0.39, 0.29) is 50.0 Å². The molecule has 0 saturated heterocycles. The molecular weight excluding hydrogens is 895 g/mol. The monoisotopic (exact) mass is 970 g/mol. The number of nitrogens with one attached hydrogen (secondary N) is 8. The average molecular weight is 970 g/mol. The normalized spacial score (nSPS) is 15.2. The molecule has 386 valence electrons. The lowest BCUT2D eigenvalue weighted by Gasteiger charge is -2.29. The second kappa shape index (κ2) is 29.9. The summed E-state index contributed by atoms with van der Waals surface area (Å²) < 4.78 is 0. The maximum atomic E-state index is 13.8. The van der Waals surface area contributed by atoms with Crippen molar-refractivity contribution < 1.29 is 63.0 Å². The van der Waals surface area contributed by atoms with E-state index in [0.717, 1.165) is 0 Å². The number of primary amides is 1. The molecular formula is C42H75N13O13. The zero-order valence-corrected chi connectivity index (χ0v) is 40.6. The van der Waals surface area contributed by atoms with E-state index in [9.17, 15) is 57.8 Å². The molecule has 0 rings (SSSR count). The van der Waals surface area contributed by atoms with E-state index in [2.05, 4.69) is 47.5 Å². The van der Waals surface area contributed by atoms with Crippen LogP contribution in [0.4, 0.5) is 0 Å². The highest BCUT2D eigenvalue weighted by atomic mass is 16.4. The van der Waals surface area contributed by atoms with Gasteiger partial charge in [0.1, 0.15) is 48.3 Å². The SMILES string of the molecule is CC(C)C[C@H](NC(=O)[C@@H](NC(=O)[C@H](CC(N)=O)NC(=O)[C@H](CCCN=C(N)N)NC(=O)[C@H](C)NC(=O)[C@H](C)NC(=O)[C@H](CC(C)C)NC(=O)[C@@H](N)CC(=O)O)C(C)C)C(=O)N[C@H](C(=O)O)C(C)C. The number of amides is 9. The van der Waals surface area contributed by atoms with Crippen molar-refractivity contribution in [2.24, 2.45) is 51.6 Å². The third-order valence-corrected chi connectivity index (χ3v) is 10.0. The molecule has 0 spiro atoms. The lowest BCUT2D eigenvalue weighted by molar-refractivity contribution is -0.143. The molecule has 0 aromatic rings. The molecule has 0 aliphatic rings. The summed E-state index contributed by atoms with van der Waals surface area (Å²) in [5.41, 5.74) is 21.9. The van der Waals surface area contributed by atoms with Gasteiger partial charge in [-0.05, 0) is 63.2 Å². The van der Waals surface area contributed by atoms with Gasteiger partial charge >= 0.3 is 11.9 Å². The van der Waals surface area contributed by atoms with Gasteiger partial charge in [0.2, 0.25) is 53.2 Å². The summed E-state index contributed by atoms with van der Waals surface area (Å²) in [5.74, 6) is -12.4. The maximum absolute atomic E-state index is 13.8. The van der Waals surface area contributed by atoms with Gasteiger partial charge in [0.15, 0.2) is 5.96 Å². The number of guanidine groups is 1. The van der Waals surface area contributed by atoms with Crippen LogP contribution in [0.2, 0.25) is 0 Å². The fourth-order valence-electron chi connectivity index (χ4n) is 6.32. The van der Waals surface area contributed by atoms with Crippen LogP contribution in [0.25, 0.3) is 0 Å². The van der Waals surface area contributed by atoms with Crippen LogP contribution in [-0.4, -0.2) is 142 Å². The summed E-state index contributed by atoms with van der Waals surface area (Å²) in [7, 11) is 0. The van der Waals surface area contributed by atoms with Gasteiger partial charge in [-0.1, -0.05) is 55.4 Å². The van der Waals surface area contributed by atoms with Gasteiger partial charge in [-0.3, -0.25) is 52.9 Å². The van der Waals surface area contributed by atoms with Crippen LogP contribution in [0.15, 0.2) is 4.99 Å². The molecule has 0 heterocycles. The Morgan fingerprint density at radius 2 is 0.868 bits per heavy atom. The Kier molecular flexibility index (Phi) is 27.0. The van der Waals surface area contributed by atoms with Crippen molar-refractivity contribution in [1.82, 2.24) is 42.5 Å². The molecule has 0 aromatic carbocycles. The molecule has 0 aromatic heterocycles. The highest BCUT2D eigenvalue weighted by Gasteiger charge is 2.36. The topological polar surface area (TPSA) is 441 Å². The van der Waals surface area contributed by atoms with Crippen molar-refractivity contribution in [1.29, 1.82) is 0 Å². The Hall–Kier alpha value is -6.60. The minimum atomic E-state index is -1.71. The minimum absolute atomic E-state index is 0.00409. The Balaban J connectivity index is 6.29. The first kappa shape index (κ1) is 61.4. The number of nitrogens with zero attached hydrogens (tertiary/aromatic N) is 1.